The van der Waals surface area contributed by atoms with Crippen molar-refractivity contribution in [2.24, 2.45) is 5.10 Å². The Morgan fingerprint density at radius 1 is 0.917 bits per heavy atom. The lowest BCUT2D eigenvalue weighted by atomic mass is 10.2. The minimum Gasteiger partial charge on any atom is -0.496 e. The van der Waals surface area contributed by atoms with Crippen LogP contribution in [0.3, 0.4) is 0 Å². The van der Waals surface area contributed by atoms with E-state index in [0.717, 1.165) is 10.9 Å². The molecule has 182 valence electrons. The number of aromatic nitrogens is 2. The quantitative estimate of drug-likeness (QED) is 0.284. The molecule has 2 heterocycles. The molecule has 5 rings (SSSR count). The molecule has 0 aliphatic heterocycles. The van der Waals surface area contributed by atoms with Crippen molar-refractivity contribution in [3.8, 4) is 28.8 Å². The van der Waals surface area contributed by atoms with Gasteiger partial charge in [-0.1, -0.05) is 18.2 Å². The van der Waals surface area contributed by atoms with Crippen LogP contribution in [0.15, 0.2) is 81.0 Å². The van der Waals surface area contributed by atoms with Crippen LogP contribution in [0.1, 0.15) is 19.4 Å². The van der Waals surface area contributed by atoms with Crippen LogP contribution in [0.2, 0.25) is 0 Å². The standard InChI is InChI=1S/C28H25N3O5/c1-17(2)35-24-13-12-18(14-25(24)34-4)16-29-31-27(30-21-9-6-5-8-19(21)28(31)32)26-15-20-22(33-3)10-7-11-23(20)36-26/h5-17H,1-4H3. The fourth-order valence-electron chi connectivity index (χ4n) is 3.95. The largest absolute Gasteiger partial charge is 0.496 e. The van der Waals surface area contributed by atoms with Gasteiger partial charge in [-0.15, -0.1) is 0 Å². The number of nitrogens with zero attached hydrogens (tertiary/aromatic N) is 3. The van der Waals surface area contributed by atoms with Crippen molar-refractivity contribution >= 4 is 28.1 Å². The van der Waals surface area contributed by atoms with Gasteiger partial charge in [0.2, 0.25) is 5.82 Å². The Bertz CT molecular complexity index is 1650. The normalized spacial score (nSPS) is 11.6. The number of para-hydroxylation sites is 1. The van der Waals surface area contributed by atoms with E-state index in [1.165, 1.54) is 4.68 Å². The summed E-state index contributed by atoms with van der Waals surface area (Å²) >= 11 is 0. The Kier molecular flexibility index (Phi) is 6.16. The van der Waals surface area contributed by atoms with Crippen LogP contribution in [0, 0.1) is 0 Å². The van der Waals surface area contributed by atoms with Crippen LogP contribution < -0.4 is 19.8 Å². The average molecular weight is 484 g/mol. The highest BCUT2D eigenvalue weighted by Gasteiger charge is 2.18. The molecule has 2 aromatic heterocycles. The molecule has 5 aromatic rings. The molecule has 0 unspecified atom stereocenters. The first-order chi connectivity index (χ1) is 17.5. The number of benzene rings is 3. The molecular weight excluding hydrogens is 458 g/mol. The predicted molar refractivity (Wildman–Crippen MR) is 140 cm³/mol. The first-order valence-electron chi connectivity index (χ1n) is 11.5. The number of hydrogen-bond donors (Lipinski definition) is 0. The Morgan fingerprint density at radius 3 is 2.50 bits per heavy atom. The lowest BCUT2D eigenvalue weighted by Gasteiger charge is -2.13. The fourth-order valence-corrected chi connectivity index (χ4v) is 3.95. The maximum Gasteiger partial charge on any atom is 0.282 e. The third-order valence-electron chi connectivity index (χ3n) is 5.59. The summed E-state index contributed by atoms with van der Waals surface area (Å²) in [6.45, 7) is 3.90. The smallest absolute Gasteiger partial charge is 0.282 e. The van der Waals surface area contributed by atoms with Gasteiger partial charge in [0.15, 0.2) is 17.3 Å². The first kappa shape index (κ1) is 23.2. The SMILES string of the molecule is COc1cc(C=Nn2c(-c3cc4c(OC)cccc4o3)nc3ccccc3c2=O)ccc1OC(C)C. The van der Waals surface area contributed by atoms with Gasteiger partial charge in [-0.05, 0) is 67.9 Å². The van der Waals surface area contributed by atoms with Gasteiger partial charge in [-0.3, -0.25) is 4.79 Å². The summed E-state index contributed by atoms with van der Waals surface area (Å²) in [6, 6.07) is 19.9. The molecule has 8 nitrogen and oxygen atoms in total. The topological polar surface area (TPSA) is 88.1 Å². The van der Waals surface area contributed by atoms with Crippen molar-refractivity contribution in [2.75, 3.05) is 14.2 Å². The molecule has 0 saturated heterocycles. The molecule has 0 N–H and O–H groups in total. The van der Waals surface area contributed by atoms with Crippen molar-refractivity contribution in [2.45, 2.75) is 20.0 Å². The summed E-state index contributed by atoms with van der Waals surface area (Å²) in [5.41, 5.74) is 1.58. The van der Waals surface area contributed by atoms with Crippen LogP contribution in [0.4, 0.5) is 0 Å². The van der Waals surface area contributed by atoms with Gasteiger partial charge < -0.3 is 18.6 Å². The van der Waals surface area contributed by atoms with Gasteiger partial charge in [0.25, 0.3) is 5.56 Å². The average Bonchev–Trinajstić information content (AvgIpc) is 3.33. The summed E-state index contributed by atoms with van der Waals surface area (Å²) < 4.78 is 24.0. The number of furan rings is 1. The molecule has 0 bridgehead atoms. The first-order valence-corrected chi connectivity index (χ1v) is 11.5. The Balaban J connectivity index is 1.65. The molecule has 0 spiro atoms. The number of ether oxygens (including phenoxy) is 3. The zero-order valence-electron chi connectivity index (χ0n) is 20.4. The van der Waals surface area contributed by atoms with Gasteiger partial charge in [0, 0.05) is 0 Å². The number of fused-ring (bicyclic) bond motifs is 2. The predicted octanol–water partition coefficient (Wildman–Crippen LogP) is 5.50. The minimum absolute atomic E-state index is 0.00524. The molecule has 0 aliphatic carbocycles. The van der Waals surface area contributed by atoms with E-state index in [2.05, 4.69) is 5.10 Å². The molecule has 0 radical (unpaired) electrons. The van der Waals surface area contributed by atoms with Crippen LogP contribution in [-0.4, -0.2) is 36.2 Å². The van der Waals surface area contributed by atoms with E-state index in [1.54, 1.807) is 50.8 Å². The number of methoxy groups -OCH3 is 2. The van der Waals surface area contributed by atoms with Gasteiger partial charge in [-0.2, -0.15) is 9.78 Å². The number of rotatable bonds is 7. The Morgan fingerprint density at radius 2 is 1.72 bits per heavy atom. The molecule has 3 aromatic carbocycles. The van der Waals surface area contributed by atoms with Gasteiger partial charge in [-0.25, -0.2) is 4.98 Å². The lowest BCUT2D eigenvalue weighted by Crippen LogP contribution is -2.20. The molecule has 0 aliphatic rings. The minimum atomic E-state index is -0.314. The third kappa shape index (κ3) is 4.29. The van der Waals surface area contributed by atoms with Crippen LogP contribution in [-0.2, 0) is 0 Å². The highest BCUT2D eigenvalue weighted by atomic mass is 16.5. The van der Waals surface area contributed by atoms with Gasteiger partial charge in [0.05, 0.1) is 42.8 Å². The van der Waals surface area contributed by atoms with Crippen LogP contribution in [0.25, 0.3) is 33.5 Å². The second-order valence-electron chi connectivity index (χ2n) is 8.37. The van der Waals surface area contributed by atoms with Crippen molar-refractivity contribution in [1.29, 1.82) is 0 Å². The van der Waals surface area contributed by atoms with Crippen LogP contribution >= 0.6 is 0 Å². The van der Waals surface area contributed by atoms with Crippen molar-refractivity contribution in [1.82, 2.24) is 9.66 Å². The molecule has 0 fully saturated rings. The summed E-state index contributed by atoms with van der Waals surface area (Å²) in [4.78, 5) is 18.2. The Labute approximate surface area is 207 Å². The maximum atomic E-state index is 13.5. The zero-order chi connectivity index (χ0) is 25.2. The molecule has 8 heteroatoms. The van der Waals surface area contributed by atoms with E-state index >= 15 is 0 Å². The summed E-state index contributed by atoms with van der Waals surface area (Å²) in [5.74, 6) is 2.54. The van der Waals surface area contributed by atoms with Gasteiger partial charge in [0.1, 0.15) is 11.3 Å². The highest BCUT2D eigenvalue weighted by Crippen LogP contribution is 2.33. The molecular formula is C28H25N3O5. The zero-order valence-corrected chi connectivity index (χ0v) is 20.4. The van der Waals surface area contributed by atoms with Crippen molar-refractivity contribution in [3.05, 3.63) is 82.6 Å². The summed E-state index contributed by atoms with van der Waals surface area (Å²) in [6.07, 6.45) is 1.58. The molecule has 0 atom stereocenters. The van der Waals surface area contributed by atoms with Crippen molar-refractivity contribution < 1.29 is 18.6 Å². The molecule has 0 amide bonds. The second-order valence-corrected chi connectivity index (χ2v) is 8.37. The van der Waals surface area contributed by atoms with E-state index in [-0.39, 0.29) is 17.5 Å². The van der Waals surface area contributed by atoms with E-state index in [1.807, 2.05) is 50.2 Å². The van der Waals surface area contributed by atoms with E-state index in [4.69, 9.17) is 23.6 Å². The monoisotopic (exact) mass is 483 g/mol. The molecule has 0 saturated carbocycles. The van der Waals surface area contributed by atoms with E-state index in [0.29, 0.717) is 39.5 Å². The maximum absolute atomic E-state index is 13.5. The van der Waals surface area contributed by atoms with E-state index in [9.17, 15) is 4.79 Å². The fraction of sp³-hybridized carbons (Fsp3) is 0.179. The number of hydrogen-bond acceptors (Lipinski definition) is 7. The van der Waals surface area contributed by atoms with Crippen LogP contribution in [0.5, 0.6) is 17.2 Å². The highest BCUT2D eigenvalue weighted by molar-refractivity contribution is 5.88. The second kappa shape index (κ2) is 9.58. The Hall–Kier alpha value is -4.59. The lowest BCUT2D eigenvalue weighted by molar-refractivity contribution is 0.230. The summed E-state index contributed by atoms with van der Waals surface area (Å²) in [7, 11) is 3.18. The van der Waals surface area contributed by atoms with Gasteiger partial charge >= 0.3 is 0 Å². The van der Waals surface area contributed by atoms with E-state index < -0.39 is 0 Å². The summed E-state index contributed by atoms with van der Waals surface area (Å²) in [5, 5.41) is 5.74. The molecule has 36 heavy (non-hydrogen) atoms. The third-order valence-corrected chi connectivity index (χ3v) is 5.59. The van der Waals surface area contributed by atoms with Crippen molar-refractivity contribution in [3.63, 3.8) is 0 Å².